The van der Waals surface area contributed by atoms with Gasteiger partial charge in [-0.2, -0.15) is 0 Å². The molecular formula is C14H18F3NO2S. The lowest BCUT2D eigenvalue weighted by atomic mass is 9.90. The van der Waals surface area contributed by atoms with Gasteiger partial charge in [0.25, 0.3) is 0 Å². The minimum Gasteiger partial charge on any atom is -0.212 e. The molecule has 7 heteroatoms. The number of sulfonamides is 1. The summed E-state index contributed by atoms with van der Waals surface area (Å²) in [5, 5.41) is 0. The van der Waals surface area contributed by atoms with Crippen molar-refractivity contribution in [1.29, 1.82) is 0 Å². The van der Waals surface area contributed by atoms with E-state index in [2.05, 4.69) is 4.72 Å². The Balaban J connectivity index is 2.15. The molecular weight excluding hydrogens is 303 g/mol. The van der Waals surface area contributed by atoms with E-state index >= 15 is 0 Å². The second kappa shape index (κ2) is 5.96. The predicted molar refractivity (Wildman–Crippen MR) is 73.6 cm³/mol. The number of rotatable bonds is 4. The van der Waals surface area contributed by atoms with Crippen molar-refractivity contribution in [1.82, 2.24) is 4.72 Å². The van der Waals surface area contributed by atoms with Crippen LogP contribution in [0.5, 0.6) is 0 Å². The molecule has 1 aromatic carbocycles. The highest BCUT2D eigenvalue weighted by Gasteiger charge is 2.39. The van der Waals surface area contributed by atoms with Crippen LogP contribution in [0.25, 0.3) is 0 Å². The molecule has 1 aliphatic carbocycles. The van der Waals surface area contributed by atoms with Gasteiger partial charge in [0, 0.05) is 18.2 Å². The van der Waals surface area contributed by atoms with Crippen LogP contribution in [0.4, 0.5) is 13.2 Å². The molecule has 1 aromatic rings. The fourth-order valence-electron chi connectivity index (χ4n) is 2.65. The van der Waals surface area contributed by atoms with Crippen LogP contribution in [-0.2, 0) is 16.6 Å². The van der Waals surface area contributed by atoms with Gasteiger partial charge >= 0.3 is 0 Å². The van der Waals surface area contributed by atoms with Crippen molar-refractivity contribution in [2.45, 2.75) is 50.3 Å². The number of hydrogen-bond donors (Lipinski definition) is 1. The first-order valence-corrected chi connectivity index (χ1v) is 8.36. The van der Waals surface area contributed by atoms with Crippen molar-refractivity contribution in [3.8, 4) is 0 Å². The van der Waals surface area contributed by atoms with Crippen LogP contribution in [0, 0.1) is 17.5 Å². The van der Waals surface area contributed by atoms with E-state index < -0.39 is 38.8 Å². The SMILES string of the molecule is CC1(S(=O)(=O)NCc2cc(F)cc(F)c2F)CCCCC1. The largest absolute Gasteiger partial charge is 0.217 e. The van der Waals surface area contributed by atoms with Crippen LogP contribution in [0.2, 0.25) is 0 Å². The quantitative estimate of drug-likeness (QED) is 0.865. The summed E-state index contributed by atoms with van der Waals surface area (Å²) in [6.07, 6.45) is 3.69. The molecule has 2 rings (SSSR count). The lowest BCUT2D eigenvalue weighted by Gasteiger charge is -2.33. The molecule has 0 unspecified atom stereocenters. The first-order chi connectivity index (χ1) is 9.75. The summed E-state index contributed by atoms with van der Waals surface area (Å²) in [5.41, 5.74) is -0.338. The third-order valence-electron chi connectivity index (χ3n) is 4.08. The number of hydrogen-bond acceptors (Lipinski definition) is 2. The molecule has 1 fully saturated rings. The van der Waals surface area contributed by atoms with Crippen LogP contribution in [0.1, 0.15) is 44.6 Å². The van der Waals surface area contributed by atoms with Crippen molar-refractivity contribution in [2.24, 2.45) is 0 Å². The van der Waals surface area contributed by atoms with Crippen LogP contribution in [0.15, 0.2) is 12.1 Å². The number of nitrogens with one attached hydrogen (secondary N) is 1. The molecule has 0 aliphatic heterocycles. The Morgan fingerprint density at radius 3 is 2.38 bits per heavy atom. The van der Waals surface area contributed by atoms with E-state index in [0.29, 0.717) is 18.9 Å². The Morgan fingerprint density at radius 2 is 1.76 bits per heavy atom. The van der Waals surface area contributed by atoms with Crippen LogP contribution in [-0.4, -0.2) is 13.2 Å². The summed E-state index contributed by atoms with van der Waals surface area (Å²) in [5.74, 6) is -3.49. The summed E-state index contributed by atoms with van der Waals surface area (Å²) in [4.78, 5) is 0. The van der Waals surface area contributed by atoms with E-state index in [9.17, 15) is 21.6 Å². The van der Waals surface area contributed by atoms with Gasteiger partial charge in [0.1, 0.15) is 5.82 Å². The van der Waals surface area contributed by atoms with Gasteiger partial charge in [-0.3, -0.25) is 0 Å². The fourth-order valence-corrected chi connectivity index (χ4v) is 4.17. The molecule has 0 heterocycles. The van der Waals surface area contributed by atoms with Crippen LogP contribution < -0.4 is 4.72 Å². The minimum atomic E-state index is -3.69. The summed E-state index contributed by atoms with van der Waals surface area (Å²) >= 11 is 0. The molecule has 0 spiro atoms. The molecule has 1 saturated carbocycles. The zero-order valence-electron chi connectivity index (χ0n) is 11.8. The van der Waals surface area contributed by atoms with E-state index in [-0.39, 0.29) is 5.56 Å². The van der Waals surface area contributed by atoms with Gasteiger partial charge in [0.05, 0.1) is 4.75 Å². The van der Waals surface area contributed by atoms with Gasteiger partial charge < -0.3 is 0 Å². The average molecular weight is 321 g/mol. The molecule has 0 saturated heterocycles. The van der Waals surface area contributed by atoms with E-state index in [1.165, 1.54) is 0 Å². The summed E-state index contributed by atoms with van der Waals surface area (Å²) < 4.78 is 65.7. The Kier molecular flexibility index (Phi) is 4.63. The first kappa shape index (κ1) is 16.3. The molecule has 1 N–H and O–H groups in total. The highest BCUT2D eigenvalue weighted by atomic mass is 32.2. The smallest absolute Gasteiger partial charge is 0.212 e. The second-order valence-electron chi connectivity index (χ2n) is 5.70. The molecule has 0 bridgehead atoms. The Hall–Kier alpha value is -1.08. The second-order valence-corrected chi connectivity index (χ2v) is 7.98. The molecule has 21 heavy (non-hydrogen) atoms. The first-order valence-electron chi connectivity index (χ1n) is 6.88. The third kappa shape index (κ3) is 3.40. The lowest BCUT2D eigenvalue weighted by Crippen LogP contribution is -2.45. The lowest BCUT2D eigenvalue weighted by molar-refractivity contribution is 0.389. The van der Waals surface area contributed by atoms with Crippen LogP contribution >= 0.6 is 0 Å². The van der Waals surface area contributed by atoms with Gasteiger partial charge in [-0.25, -0.2) is 26.3 Å². The molecule has 0 radical (unpaired) electrons. The highest BCUT2D eigenvalue weighted by molar-refractivity contribution is 7.90. The average Bonchev–Trinajstić information content (AvgIpc) is 2.42. The summed E-state index contributed by atoms with van der Waals surface area (Å²) in [6, 6.07) is 1.22. The van der Waals surface area contributed by atoms with E-state index in [4.69, 9.17) is 0 Å². The van der Waals surface area contributed by atoms with Crippen LogP contribution in [0.3, 0.4) is 0 Å². The van der Waals surface area contributed by atoms with E-state index in [0.717, 1.165) is 25.3 Å². The number of benzene rings is 1. The van der Waals surface area contributed by atoms with Crippen molar-refractivity contribution < 1.29 is 21.6 Å². The monoisotopic (exact) mass is 321 g/mol. The summed E-state index contributed by atoms with van der Waals surface area (Å²) in [7, 11) is -3.69. The highest BCUT2D eigenvalue weighted by Crippen LogP contribution is 2.34. The Morgan fingerprint density at radius 1 is 1.14 bits per heavy atom. The molecule has 0 aromatic heterocycles. The maximum atomic E-state index is 13.5. The van der Waals surface area contributed by atoms with Gasteiger partial charge in [-0.05, 0) is 25.8 Å². The fraction of sp³-hybridized carbons (Fsp3) is 0.571. The summed E-state index contributed by atoms with van der Waals surface area (Å²) in [6.45, 7) is 1.19. The Bertz CT molecular complexity index is 625. The topological polar surface area (TPSA) is 46.2 Å². The van der Waals surface area contributed by atoms with Crippen molar-refractivity contribution >= 4 is 10.0 Å². The number of halogens is 3. The zero-order valence-corrected chi connectivity index (χ0v) is 12.6. The third-order valence-corrected chi connectivity index (χ3v) is 6.31. The standard InChI is InChI=1S/C14H18F3NO2S/c1-14(5-3-2-4-6-14)21(19,20)18-9-10-7-11(15)8-12(16)13(10)17/h7-8,18H,2-6,9H2,1H3. The van der Waals surface area contributed by atoms with E-state index in [1.807, 2.05) is 0 Å². The zero-order chi connectivity index (χ0) is 15.7. The van der Waals surface area contributed by atoms with Crippen molar-refractivity contribution in [2.75, 3.05) is 0 Å². The molecule has 1 aliphatic rings. The predicted octanol–water partition coefficient (Wildman–Crippen LogP) is 3.25. The van der Waals surface area contributed by atoms with Gasteiger partial charge in [0.15, 0.2) is 11.6 Å². The van der Waals surface area contributed by atoms with Gasteiger partial charge in [0.2, 0.25) is 10.0 Å². The van der Waals surface area contributed by atoms with Crippen molar-refractivity contribution in [3.05, 3.63) is 35.1 Å². The van der Waals surface area contributed by atoms with E-state index in [1.54, 1.807) is 6.92 Å². The minimum absolute atomic E-state index is 0.338. The van der Waals surface area contributed by atoms with Gasteiger partial charge in [-0.1, -0.05) is 19.3 Å². The normalized spacial score (nSPS) is 18.7. The maximum absolute atomic E-state index is 13.5. The molecule has 118 valence electrons. The van der Waals surface area contributed by atoms with Gasteiger partial charge in [-0.15, -0.1) is 0 Å². The van der Waals surface area contributed by atoms with Crippen molar-refractivity contribution in [3.63, 3.8) is 0 Å². The maximum Gasteiger partial charge on any atom is 0.217 e. The molecule has 0 amide bonds. The Labute approximate surface area is 122 Å². The molecule has 3 nitrogen and oxygen atoms in total. The molecule has 0 atom stereocenters.